The Balaban J connectivity index is 0.00000200. The molecular formula is C15H14KNO3. The van der Waals surface area contributed by atoms with Gasteiger partial charge in [0, 0.05) is 12.4 Å². The first kappa shape index (κ1) is 17.4. The molecule has 98 valence electrons. The van der Waals surface area contributed by atoms with E-state index in [-0.39, 0.29) is 64.4 Å². The summed E-state index contributed by atoms with van der Waals surface area (Å²) in [6.45, 7) is 0.0616. The predicted octanol–water partition coefficient (Wildman–Crippen LogP) is -1.10. The Morgan fingerprint density at radius 2 is 1.40 bits per heavy atom. The standard InChI is InChI=1S/C15H15NO3.K/c17-15(18)11-12-19-16(13-7-3-1-4-8-13)14-9-5-2-6-10-14;/h1-10H,11-12H2,(H,17,18);/q;+1/p-1. The molecule has 0 saturated heterocycles. The molecule has 0 unspecified atom stereocenters. The second kappa shape index (κ2) is 9.28. The van der Waals surface area contributed by atoms with E-state index in [0.717, 1.165) is 11.4 Å². The van der Waals surface area contributed by atoms with Gasteiger partial charge in [-0.15, -0.1) is 0 Å². The maximum absolute atomic E-state index is 10.4. The number of hydrogen-bond acceptors (Lipinski definition) is 4. The number of benzene rings is 2. The van der Waals surface area contributed by atoms with Crippen LogP contribution in [0.15, 0.2) is 60.7 Å². The number of carboxylic acids is 1. The Labute approximate surface area is 160 Å². The smallest absolute Gasteiger partial charge is 0.550 e. The van der Waals surface area contributed by atoms with Crippen molar-refractivity contribution in [2.45, 2.75) is 6.42 Å². The Morgan fingerprint density at radius 3 is 1.80 bits per heavy atom. The van der Waals surface area contributed by atoms with E-state index >= 15 is 0 Å². The zero-order valence-corrected chi connectivity index (χ0v) is 14.5. The number of para-hydroxylation sites is 2. The second-order valence-corrected chi connectivity index (χ2v) is 3.92. The van der Waals surface area contributed by atoms with Gasteiger partial charge in [0.2, 0.25) is 0 Å². The molecule has 0 aliphatic heterocycles. The van der Waals surface area contributed by atoms with E-state index in [9.17, 15) is 9.90 Å². The number of nitrogens with zero attached hydrogens (tertiary/aromatic N) is 1. The van der Waals surface area contributed by atoms with Crippen molar-refractivity contribution in [2.75, 3.05) is 11.7 Å². The summed E-state index contributed by atoms with van der Waals surface area (Å²) in [6.07, 6.45) is -0.143. The van der Waals surface area contributed by atoms with Crippen molar-refractivity contribution in [1.29, 1.82) is 0 Å². The number of carbonyl (C=O) groups excluding carboxylic acids is 1. The van der Waals surface area contributed by atoms with Crippen LogP contribution in [0.25, 0.3) is 0 Å². The molecule has 0 fully saturated rings. The van der Waals surface area contributed by atoms with Gasteiger partial charge < -0.3 is 9.90 Å². The fraction of sp³-hybridized carbons (Fsp3) is 0.133. The van der Waals surface area contributed by atoms with E-state index in [0.29, 0.717) is 0 Å². The van der Waals surface area contributed by atoms with Crippen LogP contribution in [-0.2, 0) is 9.63 Å². The van der Waals surface area contributed by atoms with Gasteiger partial charge in [-0.25, -0.2) is 5.06 Å². The number of carboxylic acid groups (broad SMARTS) is 1. The van der Waals surface area contributed by atoms with Gasteiger partial charge in [0.1, 0.15) is 0 Å². The van der Waals surface area contributed by atoms with E-state index < -0.39 is 5.97 Å². The molecule has 0 aliphatic carbocycles. The number of aliphatic carboxylic acids is 1. The van der Waals surface area contributed by atoms with Crippen molar-refractivity contribution in [1.82, 2.24) is 0 Å². The van der Waals surface area contributed by atoms with Crippen LogP contribution in [0.5, 0.6) is 0 Å². The van der Waals surface area contributed by atoms with Crippen LogP contribution in [0.1, 0.15) is 6.42 Å². The fourth-order valence-electron chi connectivity index (χ4n) is 1.65. The van der Waals surface area contributed by atoms with Crippen molar-refractivity contribution < 1.29 is 66.1 Å². The molecule has 2 aromatic carbocycles. The van der Waals surface area contributed by atoms with Gasteiger partial charge in [-0.05, 0) is 24.3 Å². The molecule has 20 heavy (non-hydrogen) atoms. The fourth-order valence-corrected chi connectivity index (χ4v) is 1.65. The molecular weight excluding hydrogens is 281 g/mol. The molecule has 4 nitrogen and oxygen atoms in total. The minimum atomic E-state index is -1.12. The average molecular weight is 295 g/mol. The Bertz CT molecular complexity index is 480. The molecule has 0 amide bonds. The zero-order chi connectivity index (χ0) is 13.5. The van der Waals surface area contributed by atoms with Gasteiger partial charge in [-0.1, -0.05) is 36.4 Å². The van der Waals surface area contributed by atoms with Gasteiger partial charge in [0.05, 0.1) is 18.0 Å². The molecule has 0 radical (unpaired) electrons. The van der Waals surface area contributed by atoms with Crippen LogP contribution in [-0.4, -0.2) is 12.6 Å². The summed E-state index contributed by atoms with van der Waals surface area (Å²) in [5.74, 6) is -1.12. The van der Waals surface area contributed by atoms with Gasteiger partial charge in [-0.2, -0.15) is 0 Å². The summed E-state index contributed by atoms with van der Waals surface area (Å²) in [6, 6.07) is 19.0. The van der Waals surface area contributed by atoms with E-state index in [4.69, 9.17) is 4.84 Å². The van der Waals surface area contributed by atoms with E-state index in [2.05, 4.69) is 0 Å². The Hall–Kier alpha value is -0.694. The molecule has 0 N–H and O–H groups in total. The predicted molar refractivity (Wildman–Crippen MR) is 70.6 cm³/mol. The molecule has 5 heteroatoms. The molecule has 0 bridgehead atoms. The molecule has 2 aromatic rings. The van der Waals surface area contributed by atoms with Crippen LogP contribution in [0.3, 0.4) is 0 Å². The van der Waals surface area contributed by atoms with Crippen molar-refractivity contribution in [3.63, 3.8) is 0 Å². The molecule has 0 aromatic heterocycles. The molecule has 2 rings (SSSR count). The number of hydrogen-bond donors (Lipinski definition) is 0. The average Bonchev–Trinajstić information content (AvgIpc) is 2.45. The van der Waals surface area contributed by atoms with Crippen LogP contribution < -0.4 is 61.6 Å². The van der Waals surface area contributed by atoms with Crippen LogP contribution >= 0.6 is 0 Å². The first-order chi connectivity index (χ1) is 9.27. The monoisotopic (exact) mass is 295 g/mol. The summed E-state index contributed by atoms with van der Waals surface area (Å²) in [5.41, 5.74) is 1.68. The minimum absolute atomic E-state index is 0. The number of anilines is 2. The van der Waals surface area contributed by atoms with Gasteiger partial charge in [-0.3, -0.25) is 4.84 Å². The Kier molecular flexibility index (Phi) is 8.05. The maximum atomic E-state index is 10.4. The van der Waals surface area contributed by atoms with Gasteiger partial charge in [0.25, 0.3) is 0 Å². The van der Waals surface area contributed by atoms with E-state index in [1.807, 2.05) is 60.7 Å². The van der Waals surface area contributed by atoms with Gasteiger partial charge in [0.15, 0.2) is 0 Å². The minimum Gasteiger partial charge on any atom is -0.550 e. The molecule has 0 heterocycles. The van der Waals surface area contributed by atoms with Crippen LogP contribution in [0.4, 0.5) is 11.4 Å². The quantitative estimate of drug-likeness (QED) is 0.501. The summed E-state index contributed by atoms with van der Waals surface area (Å²) in [5, 5.41) is 12.1. The summed E-state index contributed by atoms with van der Waals surface area (Å²) < 4.78 is 0. The van der Waals surface area contributed by atoms with Gasteiger partial charge >= 0.3 is 51.4 Å². The number of rotatable bonds is 6. The van der Waals surface area contributed by atoms with Crippen LogP contribution in [0.2, 0.25) is 0 Å². The third-order valence-corrected chi connectivity index (χ3v) is 2.51. The number of carbonyl (C=O) groups is 1. The van der Waals surface area contributed by atoms with Crippen molar-refractivity contribution in [3.8, 4) is 0 Å². The normalized spacial score (nSPS) is 9.60. The molecule has 0 atom stereocenters. The van der Waals surface area contributed by atoms with Crippen LogP contribution in [0, 0.1) is 0 Å². The molecule has 0 aliphatic rings. The zero-order valence-electron chi connectivity index (χ0n) is 11.4. The SMILES string of the molecule is O=C([O-])CCON(c1ccccc1)c1ccccc1.[K+]. The summed E-state index contributed by atoms with van der Waals surface area (Å²) >= 11 is 0. The largest absolute Gasteiger partial charge is 1.00 e. The maximum Gasteiger partial charge on any atom is 1.00 e. The van der Waals surface area contributed by atoms with E-state index in [1.54, 1.807) is 5.06 Å². The summed E-state index contributed by atoms with van der Waals surface area (Å²) in [7, 11) is 0. The first-order valence-electron chi connectivity index (χ1n) is 6.00. The molecule has 0 saturated carbocycles. The third kappa shape index (κ3) is 5.36. The third-order valence-electron chi connectivity index (χ3n) is 2.51. The Morgan fingerprint density at radius 1 is 0.950 bits per heavy atom. The van der Waals surface area contributed by atoms with Crippen molar-refractivity contribution in [2.24, 2.45) is 0 Å². The first-order valence-corrected chi connectivity index (χ1v) is 6.00. The second-order valence-electron chi connectivity index (χ2n) is 3.92. The van der Waals surface area contributed by atoms with E-state index in [1.165, 1.54) is 0 Å². The van der Waals surface area contributed by atoms with Crippen molar-refractivity contribution in [3.05, 3.63) is 60.7 Å². The topological polar surface area (TPSA) is 52.6 Å². The summed E-state index contributed by atoms with van der Waals surface area (Å²) in [4.78, 5) is 16.0. The van der Waals surface area contributed by atoms with Crippen molar-refractivity contribution >= 4 is 17.3 Å². The molecule has 0 spiro atoms.